The van der Waals surface area contributed by atoms with Gasteiger partial charge in [-0.25, -0.2) is 14.4 Å². The zero-order valence-electron chi connectivity index (χ0n) is 21.7. The number of urea groups is 1. The van der Waals surface area contributed by atoms with Crippen LogP contribution in [0.5, 0.6) is 0 Å². The Kier molecular flexibility index (Phi) is 10.2. The molecular weight excluding hydrogens is 516 g/mol. The molecule has 0 aromatic heterocycles. The highest BCUT2D eigenvalue weighted by Gasteiger charge is 2.60. The van der Waals surface area contributed by atoms with Crippen LogP contribution in [-0.2, 0) is 23.8 Å². The summed E-state index contributed by atoms with van der Waals surface area (Å²) in [7, 11) is 0. The van der Waals surface area contributed by atoms with Crippen LogP contribution < -0.4 is 11.1 Å². The van der Waals surface area contributed by atoms with Crippen LogP contribution in [0.2, 0.25) is 0 Å². The Labute approximate surface area is 226 Å². The Bertz CT molecular complexity index is 986. The minimum atomic E-state index is -0.854. The summed E-state index contributed by atoms with van der Waals surface area (Å²) in [5.74, 6) is -1.74. The number of hydrogen-bond donors (Lipinski definition) is 3. The molecule has 4 amide bonds. The molecule has 0 bridgehead atoms. The number of nitrogens with zero attached hydrogens (tertiary/aromatic N) is 2. The summed E-state index contributed by atoms with van der Waals surface area (Å²) in [6, 6.07) is -1.30. The molecule has 210 valence electrons. The molecule has 38 heavy (non-hydrogen) atoms. The van der Waals surface area contributed by atoms with Crippen molar-refractivity contribution in [3.63, 3.8) is 0 Å². The summed E-state index contributed by atoms with van der Waals surface area (Å²) in [6.07, 6.45) is 2.11. The molecule has 2 fully saturated rings. The molecule has 2 saturated heterocycles. The van der Waals surface area contributed by atoms with E-state index in [2.05, 4.69) is 18.5 Å². The second kappa shape index (κ2) is 13.2. The first-order valence-electron chi connectivity index (χ1n) is 12.5. The highest BCUT2D eigenvalue weighted by Crippen LogP contribution is 2.52. The van der Waals surface area contributed by atoms with Crippen molar-refractivity contribution in [3.8, 4) is 0 Å². The van der Waals surface area contributed by atoms with Crippen LogP contribution in [0.3, 0.4) is 0 Å². The molecule has 13 heteroatoms. The average Bonchev–Trinajstić information content (AvgIpc) is 3.37. The summed E-state index contributed by atoms with van der Waals surface area (Å²) in [4.78, 5) is 53.2. The zero-order chi connectivity index (χ0) is 28.0. The number of primary amides is 1. The summed E-state index contributed by atoms with van der Waals surface area (Å²) in [5, 5.41) is 12.5. The van der Waals surface area contributed by atoms with Gasteiger partial charge >= 0.3 is 18.1 Å². The third kappa shape index (κ3) is 6.33. The fraction of sp³-hybridized carbons (Fsp3) is 0.600. The zero-order valence-corrected chi connectivity index (χ0v) is 22.5. The lowest BCUT2D eigenvalue weighted by Crippen LogP contribution is -2.63. The largest absolute Gasteiger partial charge is 0.457 e. The first-order chi connectivity index (χ1) is 18.1. The van der Waals surface area contributed by atoms with Gasteiger partial charge in [0.2, 0.25) is 5.91 Å². The molecule has 0 aromatic rings. The van der Waals surface area contributed by atoms with Crippen molar-refractivity contribution < 1.29 is 38.5 Å². The minimum absolute atomic E-state index is 0.00242. The van der Waals surface area contributed by atoms with Gasteiger partial charge in [-0.15, -0.1) is 11.8 Å². The minimum Gasteiger partial charge on any atom is -0.457 e. The number of rotatable bonds is 13. The standard InChI is InChI=1S/C25H36N4O8S/c1-5-8-36-23(32)20-21(14(3)19-18(15(4)30)22(31)29(19)20)38-17-11-16(13-35-10-7-27-24(26)33)28(12-17)25(34)37-9-6-2/h5-6,14-19,30H,1-2,7-13H2,3-4H3,(H3,26,27,33)/t14-,15-,16+,17+,18-,19-/m1/s1. The van der Waals surface area contributed by atoms with Gasteiger partial charge in [0.15, 0.2) is 0 Å². The summed E-state index contributed by atoms with van der Waals surface area (Å²) in [5.41, 5.74) is 5.25. The van der Waals surface area contributed by atoms with E-state index in [0.717, 1.165) is 0 Å². The number of likely N-dealkylation sites (tertiary alicyclic amines) is 1. The second-order valence-electron chi connectivity index (χ2n) is 9.37. The lowest BCUT2D eigenvalue weighted by atomic mass is 9.79. The third-order valence-electron chi connectivity index (χ3n) is 6.72. The maximum atomic E-state index is 13.0. The van der Waals surface area contributed by atoms with Gasteiger partial charge in [-0.1, -0.05) is 32.2 Å². The highest BCUT2D eigenvalue weighted by molar-refractivity contribution is 8.03. The molecule has 0 spiro atoms. The Hall–Kier alpha value is -3.03. The first-order valence-corrected chi connectivity index (χ1v) is 13.4. The molecule has 3 aliphatic heterocycles. The Morgan fingerprint density at radius 3 is 2.58 bits per heavy atom. The van der Waals surface area contributed by atoms with E-state index in [9.17, 15) is 24.3 Å². The molecule has 0 unspecified atom stereocenters. The van der Waals surface area contributed by atoms with Crippen molar-refractivity contribution in [1.29, 1.82) is 0 Å². The fourth-order valence-corrected chi connectivity index (χ4v) is 6.63. The lowest BCUT2D eigenvalue weighted by Gasteiger charge is -2.46. The van der Waals surface area contributed by atoms with Crippen LogP contribution in [0.15, 0.2) is 35.9 Å². The van der Waals surface area contributed by atoms with Crippen LogP contribution in [0.1, 0.15) is 20.3 Å². The molecule has 6 atom stereocenters. The number of aliphatic hydroxyl groups excluding tert-OH is 1. The van der Waals surface area contributed by atoms with Gasteiger partial charge in [0.05, 0.1) is 37.3 Å². The third-order valence-corrected chi connectivity index (χ3v) is 8.21. The van der Waals surface area contributed by atoms with Crippen LogP contribution in [0, 0.1) is 11.8 Å². The molecule has 0 aliphatic carbocycles. The van der Waals surface area contributed by atoms with Crippen molar-refractivity contribution in [2.45, 2.75) is 43.7 Å². The second-order valence-corrected chi connectivity index (χ2v) is 10.7. The predicted molar refractivity (Wildman–Crippen MR) is 140 cm³/mol. The van der Waals surface area contributed by atoms with Crippen LogP contribution >= 0.6 is 11.8 Å². The van der Waals surface area contributed by atoms with Gasteiger partial charge in [-0.3, -0.25) is 4.79 Å². The summed E-state index contributed by atoms with van der Waals surface area (Å²) >= 11 is 1.43. The van der Waals surface area contributed by atoms with E-state index in [1.54, 1.807) is 11.8 Å². The number of nitrogens with two attached hydrogens (primary N) is 1. The number of hydrogen-bond acceptors (Lipinski definition) is 9. The molecule has 3 aliphatic rings. The van der Waals surface area contributed by atoms with E-state index in [1.165, 1.54) is 28.8 Å². The molecule has 3 heterocycles. The van der Waals surface area contributed by atoms with Crippen molar-refractivity contribution in [1.82, 2.24) is 15.1 Å². The molecule has 0 radical (unpaired) electrons. The van der Waals surface area contributed by atoms with Crippen molar-refractivity contribution in [3.05, 3.63) is 35.9 Å². The predicted octanol–water partition coefficient (Wildman–Crippen LogP) is 0.968. The number of carbonyl (C=O) groups excluding carboxylic acids is 4. The Morgan fingerprint density at radius 2 is 1.95 bits per heavy atom. The SMILES string of the molecule is C=CCOC(=O)C1=C(S[C@H]2C[C@@H](COCCNC(N)=O)N(C(=O)OCC=C)C2)[C@H](C)[C@@H]2[C@@H]([C@@H](C)O)C(=O)N12. The summed E-state index contributed by atoms with van der Waals surface area (Å²) < 4.78 is 16.2. The van der Waals surface area contributed by atoms with Crippen LogP contribution in [-0.4, -0.2) is 102 Å². The molecule has 0 saturated carbocycles. The lowest BCUT2D eigenvalue weighted by molar-refractivity contribution is -0.164. The van der Waals surface area contributed by atoms with Gasteiger partial charge < -0.3 is 40.2 Å². The van der Waals surface area contributed by atoms with Crippen molar-refractivity contribution in [2.24, 2.45) is 17.6 Å². The number of carbonyl (C=O) groups is 4. The van der Waals surface area contributed by atoms with Gasteiger partial charge in [0.25, 0.3) is 0 Å². The quantitative estimate of drug-likeness (QED) is 0.131. The summed E-state index contributed by atoms with van der Waals surface area (Å²) in [6.45, 7) is 11.7. The number of aliphatic hydroxyl groups is 1. The van der Waals surface area contributed by atoms with E-state index >= 15 is 0 Å². The highest BCUT2D eigenvalue weighted by atomic mass is 32.2. The monoisotopic (exact) mass is 552 g/mol. The van der Waals surface area contributed by atoms with Crippen molar-refractivity contribution >= 4 is 35.8 Å². The van der Waals surface area contributed by atoms with Gasteiger partial charge in [0.1, 0.15) is 18.9 Å². The molecular formula is C25H36N4O8S. The average molecular weight is 553 g/mol. The van der Waals surface area contributed by atoms with E-state index in [4.69, 9.17) is 19.9 Å². The van der Waals surface area contributed by atoms with E-state index < -0.39 is 30.1 Å². The van der Waals surface area contributed by atoms with E-state index in [1.807, 2.05) is 6.92 Å². The number of nitrogens with one attached hydrogen (secondary N) is 1. The maximum Gasteiger partial charge on any atom is 0.410 e. The Morgan fingerprint density at radius 1 is 1.26 bits per heavy atom. The topological polar surface area (TPSA) is 161 Å². The molecule has 0 aromatic carbocycles. The maximum absolute atomic E-state index is 13.0. The number of ether oxygens (including phenoxy) is 3. The van der Waals surface area contributed by atoms with Crippen LogP contribution in [0.25, 0.3) is 0 Å². The number of thioether (sulfide) groups is 1. The molecule has 4 N–H and O–H groups in total. The van der Waals surface area contributed by atoms with Crippen molar-refractivity contribution in [2.75, 3.05) is 39.5 Å². The molecule has 3 rings (SSSR count). The number of fused-ring (bicyclic) bond motifs is 1. The Balaban J connectivity index is 1.78. The number of β-lactam (4-membered cyclic amide) rings is 1. The normalized spacial score (nSPS) is 26.9. The van der Waals surface area contributed by atoms with Gasteiger partial charge in [-0.05, 0) is 13.3 Å². The van der Waals surface area contributed by atoms with E-state index in [-0.39, 0.29) is 67.8 Å². The molecule has 12 nitrogen and oxygen atoms in total. The first kappa shape index (κ1) is 29.5. The van der Waals surface area contributed by atoms with Gasteiger partial charge in [0, 0.05) is 29.2 Å². The van der Waals surface area contributed by atoms with E-state index in [0.29, 0.717) is 17.9 Å². The smallest absolute Gasteiger partial charge is 0.410 e. The number of esters is 1. The fourth-order valence-electron chi connectivity index (χ4n) is 5.07. The van der Waals surface area contributed by atoms with Gasteiger partial charge in [-0.2, -0.15) is 0 Å². The number of amides is 4. The van der Waals surface area contributed by atoms with Crippen LogP contribution in [0.4, 0.5) is 9.59 Å².